The van der Waals surface area contributed by atoms with Crippen molar-refractivity contribution in [3.8, 4) is 0 Å². The summed E-state index contributed by atoms with van der Waals surface area (Å²) in [5.74, 6) is 0. The Hall–Kier alpha value is -1.10. The van der Waals surface area contributed by atoms with Crippen LogP contribution in [0.15, 0.2) is 30.5 Å². The number of aromatic nitrogens is 1. The van der Waals surface area contributed by atoms with Gasteiger partial charge in [-0.15, -0.1) is 23.7 Å². The molecular formula is C14H20ClN3S. The molecule has 1 heterocycles. The number of anilines is 1. The number of aryl methyl sites for hydroxylation is 1. The van der Waals surface area contributed by atoms with Gasteiger partial charge in [-0.1, -0.05) is 24.3 Å². The molecular weight excluding hydrogens is 278 g/mol. The van der Waals surface area contributed by atoms with E-state index < -0.39 is 0 Å². The molecule has 2 N–H and O–H groups in total. The Bertz CT molecular complexity index is 527. The molecule has 0 bridgehead atoms. The van der Waals surface area contributed by atoms with Gasteiger partial charge < -0.3 is 5.73 Å². The smallest absolute Gasteiger partial charge is 0.180 e. The van der Waals surface area contributed by atoms with Crippen LogP contribution in [0.3, 0.4) is 0 Å². The first-order valence-corrected chi connectivity index (χ1v) is 6.85. The van der Waals surface area contributed by atoms with Crippen molar-refractivity contribution in [1.29, 1.82) is 0 Å². The molecule has 2 rings (SSSR count). The van der Waals surface area contributed by atoms with Gasteiger partial charge in [0.1, 0.15) is 0 Å². The van der Waals surface area contributed by atoms with Gasteiger partial charge in [0.15, 0.2) is 5.13 Å². The summed E-state index contributed by atoms with van der Waals surface area (Å²) >= 11 is 1.56. The highest BCUT2D eigenvalue weighted by molar-refractivity contribution is 7.15. The van der Waals surface area contributed by atoms with Crippen LogP contribution in [0.2, 0.25) is 0 Å². The van der Waals surface area contributed by atoms with Gasteiger partial charge in [-0.25, -0.2) is 4.98 Å². The zero-order valence-electron chi connectivity index (χ0n) is 11.5. The van der Waals surface area contributed by atoms with E-state index in [0.29, 0.717) is 11.2 Å². The van der Waals surface area contributed by atoms with Crippen molar-refractivity contribution in [2.75, 3.05) is 12.8 Å². The molecule has 0 radical (unpaired) electrons. The molecule has 0 saturated heterocycles. The van der Waals surface area contributed by atoms with E-state index in [1.54, 1.807) is 11.3 Å². The molecule has 1 atom stereocenters. The molecule has 0 saturated carbocycles. The van der Waals surface area contributed by atoms with Crippen LogP contribution in [0.4, 0.5) is 5.13 Å². The number of hydrogen-bond acceptors (Lipinski definition) is 4. The minimum atomic E-state index is 0. The van der Waals surface area contributed by atoms with Crippen LogP contribution in [-0.2, 0) is 6.54 Å². The van der Waals surface area contributed by atoms with Gasteiger partial charge in [0.25, 0.3) is 0 Å². The van der Waals surface area contributed by atoms with Gasteiger partial charge in [-0.2, -0.15) is 0 Å². The fourth-order valence-corrected chi connectivity index (χ4v) is 2.82. The molecule has 3 nitrogen and oxygen atoms in total. The van der Waals surface area contributed by atoms with Crippen LogP contribution < -0.4 is 5.73 Å². The number of rotatable bonds is 4. The zero-order chi connectivity index (χ0) is 13.1. The summed E-state index contributed by atoms with van der Waals surface area (Å²) in [6, 6.07) is 8.91. The summed E-state index contributed by atoms with van der Waals surface area (Å²) in [4.78, 5) is 7.61. The Kier molecular flexibility index (Phi) is 5.79. The molecule has 19 heavy (non-hydrogen) atoms. The highest BCUT2D eigenvalue weighted by Gasteiger charge is 2.14. The minimum absolute atomic E-state index is 0. The minimum Gasteiger partial charge on any atom is -0.375 e. The summed E-state index contributed by atoms with van der Waals surface area (Å²) in [6.45, 7) is 5.27. The van der Waals surface area contributed by atoms with Gasteiger partial charge in [0, 0.05) is 23.7 Å². The molecule has 0 aliphatic heterocycles. The highest BCUT2D eigenvalue weighted by atomic mass is 35.5. The topological polar surface area (TPSA) is 42.2 Å². The van der Waals surface area contributed by atoms with E-state index in [9.17, 15) is 0 Å². The Morgan fingerprint density at radius 3 is 2.63 bits per heavy atom. The molecule has 0 aliphatic carbocycles. The first-order valence-electron chi connectivity index (χ1n) is 6.04. The molecule has 2 aromatic rings. The largest absolute Gasteiger partial charge is 0.375 e. The lowest BCUT2D eigenvalue weighted by molar-refractivity contribution is 0.254. The van der Waals surface area contributed by atoms with Crippen molar-refractivity contribution in [2.45, 2.75) is 26.4 Å². The van der Waals surface area contributed by atoms with Crippen LogP contribution in [0.5, 0.6) is 0 Å². The molecule has 1 aromatic heterocycles. The number of thiazole rings is 1. The monoisotopic (exact) mass is 297 g/mol. The highest BCUT2D eigenvalue weighted by Crippen LogP contribution is 2.25. The number of nitrogens with two attached hydrogens (primary N) is 1. The normalized spacial score (nSPS) is 12.2. The fraction of sp³-hybridized carbons (Fsp3) is 0.357. The second-order valence-corrected chi connectivity index (χ2v) is 5.76. The predicted octanol–water partition coefficient (Wildman–Crippen LogP) is 3.65. The molecule has 104 valence electrons. The lowest BCUT2D eigenvalue weighted by atomic mass is 10.0. The Labute approximate surface area is 124 Å². The number of nitrogen functional groups attached to an aromatic ring is 1. The molecule has 0 aliphatic rings. The third-order valence-electron chi connectivity index (χ3n) is 3.28. The van der Waals surface area contributed by atoms with E-state index in [-0.39, 0.29) is 12.4 Å². The maximum atomic E-state index is 5.65. The van der Waals surface area contributed by atoms with E-state index in [0.717, 1.165) is 6.54 Å². The Balaban J connectivity index is 0.00000180. The molecule has 5 heteroatoms. The quantitative estimate of drug-likeness (QED) is 0.936. The lowest BCUT2D eigenvalue weighted by Crippen LogP contribution is -2.22. The van der Waals surface area contributed by atoms with Crippen molar-refractivity contribution in [3.63, 3.8) is 0 Å². The summed E-state index contributed by atoms with van der Waals surface area (Å²) in [5.41, 5.74) is 8.36. The van der Waals surface area contributed by atoms with Gasteiger partial charge in [0.2, 0.25) is 0 Å². The maximum Gasteiger partial charge on any atom is 0.180 e. The molecule has 0 amide bonds. The number of halogens is 1. The summed E-state index contributed by atoms with van der Waals surface area (Å²) < 4.78 is 0. The standard InChI is InChI=1S/C14H19N3S.ClH/c1-10-6-4-5-7-13(10)11(2)17(3)9-12-8-16-14(15)18-12;/h4-8,11H,9H2,1-3H3,(H2,15,16);1H. The van der Waals surface area contributed by atoms with Crippen LogP contribution in [0.25, 0.3) is 0 Å². The van der Waals surface area contributed by atoms with Crippen LogP contribution >= 0.6 is 23.7 Å². The number of nitrogens with zero attached hydrogens (tertiary/aromatic N) is 2. The van der Waals surface area contributed by atoms with E-state index in [1.165, 1.54) is 16.0 Å². The summed E-state index contributed by atoms with van der Waals surface area (Å²) in [6.07, 6.45) is 1.86. The molecule has 1 unspecified atom stereocenters. The van der Waals surface area contributed by atoms with Crippen molar-refractivity contribution in [3.05, 3.63) is 46.5 Å². The van der Waals surface area contributed by atoms with E-state index >= 15 is 0 Å². The van der Waals surface area contributed by atoms with Crippen molar-refractivity contribution < 1.29 is 0 Å². The third-order valence-corrected chi connectivity index (χ3v) is 4.09. The zero-order valence-corrected chi connectivity index (χ0v) is 13.1. The van der Waals surface area contributed by atoms with E-state index in [4.69, 9.17) is 5.73 Å². The molecule has 0 spiro atoms. The summed E-state index contributed by atoms with van der Waals surface area (Å²) in [5, 5.41) is 0.641. The van der Waals surface area contributed by atoms with Crippen molar-refractivity contribution in [2.24, 2.45) is 0 Å². The van der Waals surface area contributed by atoms with E-state index in [1.807, 2.05) is 6.20 Å². The van der Waals surface area contributed by atoms with Gasteiger partial charge >= 0.3 is 0 Å². The molecule has 1 aromatic carbocycles. The fourth-order valence-electron chi connectivity index (χ4n) is 2.07. The van der Waals surface area contributed by atoms with Crippen LogP contribution in [0.1, 0.15) is 29.0 Å². The SMILES string of the molecule is Cc1ccccc1C(C)N(C)Cc1cnc(N)s1.Cl. The predicted molar refractivity (Wildman–Crippen MR) is 84.8 cm³/mol. The molecule has 0 fully saturated rings. The second kappa shape index (κ2) is 6.89. The van der Waals surface area contributed by atoms with Gasteiger partial charge in [0.05, 0.1) is 0 Å². The Morgan fingerprint density at radius 1 is 1.37 bits per heavy atom. The average Bonchev–Trinajstić information content (AvgIpc) is 2.74. The maximum absolute atomic E-state index is 5.65. The number of hydrogen-bond donors (Lipinski definition) is 1. The van der Waals surface area contributed by atoms with Crippen molar-refractivity contribution >= 4 is 28.9 Å². The van der Waals surface area contributed by atoms with Gasteiger partial charge in [-0.3, -0.25) is 4.90 Å². The van der Waals surface area contributed by atoms with Crippen LogP contribution in [-0.4, -0.2) is 16.9 Å². The lowest BCUT2D eigenvalue weighted by Gasteiger charge is -2.25. The average molecular weight is 298 g/mol. The first kappa shape index (κ1) is 16.0. The van der Waals surface area contributed by atoms with Gasteiger partial charge in [-0.05, 0) is 32.0 Å². The summed E-state index contributed by atoms with van der Waals surface area (Å²) in [7, 11) is 2.13. The number of benzene rings is 1. The third kappa shape index (κ3) is 3.93. The van der Waals surface area contributed by atoms with Crippen molar-refractivity contribution in [1.82, 2.24) is 9.88 Å². The Morgan fingerprint density at radius 2 is 2.05 bits per heavy atom. The van der Waals surface area contributed by atoms with E-state index in [2.05, 4.69) is 55.0 Å². The van der Waals surface area contributed by atoms with Crippen LogP contribution in [0, 0.1) is 6.92 Å². The second-order valence-electron chi connectivity index (χ2n) is 4.61. The first-order chi connectivity index (χ1) is 8.58.